The molecule has 0 unspecified atom stereocenters. The summed E-state index contributed by atoms with van der Waals surface area (Å²) in [6, 6.07) is 12.7. The second-order valence-corrected chi connectivity index (χ2v) is 5.56. The fourth-order valence-corrected chi connectivity index (χ4v) is 2.76. The second-order valence-electron chi connectivity index (χ2n) is 5.56. The molecule has 1 aromatic heterocycles. The van der Waals surface area contributed by atoms with Gasteiger partial charge in [-0.05, 0) is 30.2 Å². The molecule has 1 fully saturated rings. The number of benzene rings is 1. The van der Waals surface area contributed by atoms with E-state index in [0.29, 0.717) is 0 Å². The van der Waals surface area contributed by atoms with Gasteiger partial charge in [0.2, 0.25) is 0 Å². The average molecular weight is 270 g/mol. The van der Waals surface area contributed by atoms with E-state index >= 15 is 0 Å². The first kappa shape index (κ1) is 13.4. The number of rotatable bonds is 4. The van der Waals surface area contributed by atoms with Gasteiger partial charge < -0.3 is 4.42 Å². The maximum absolute atomic E-state index is 5.42. The molecule has 0 amide bonds. The van der Waals surface area contributed by atoms with E-state index in [-0.39, 0.29) is 0 Å². The van der Waals surface area contributed by atoms with Gasteiger partial charge in [-0.15, -0.1) is 0 Å². The van der Waals surface area contributed by atoms with E-state index in [9.17, 15) is 0 Å². The van der Waals surface area contributed by atoms with E-state index in [0.717, 1.165) is 45.0 Å². The molecule has 1 aliphatic rings. The first-order chi connectivity index (χ1) is 9.81. The van der Waals surface area contributed by atoms with Crippen molar-refractivity contribution in [3.8, 4) is 0 Å². The molecule has 20 heavy (non-hydrogen) atoms. The van der Waals surface area contributed by atoms with Crippen molar-refractivity contribution in [3.63, 3.8) is 0 Å². The highest BCUT2D eigenvalue weighted by Gasteiger charge is 2.18. The lowest BCUT2D eigenvalue weighted by molar-refractivity contribution is 0.116. The van der Waals surface area contributed by atoms with Gasteiger partial charge in [-0.25, -0.2) is 0 Å². The molecule has 0 spiro atoms. The van der Waals surface area contributed by atoms with Crippen LogP contribution in [0.15, 0.2) is 47.1 Å². The van der Waals surface area contributed by atoms with Gasteiger partial charge in [-0.1, -0.05) is 24.3 Å². The van der Waals surface area contributed by atoms with Gasteiger partial charge in [-0.3, -0.25) is 9.80 Å². The summed E-state index contributed by atoms with van der Waals surface area (Å²) in [5, 5.41) is 0. The van der Waals surface area contributed by atoms with Gasteiger partial charge in [0.1, 0.15) is 5.76 Å². The third-order valence-electron chi connectivity index (χ3n) is 4.08. The Balaban J connectivity index is 1.50. The van der Waals surface area contributed by atoms with Crippen LogP contribution in [-0.4, -0.2) is 36.0 Å². The van der Waals surface area contributed by atoms with E-state index in [4.69, 9.17) is 4.42 Å². The van der Waals surface area contributed by atoms with Gasteiger partial charge in [0.05, 0.1) is 12.8 Å². The molecule has 0 atom stereocenters. The van der Waals surface area contributed by atoms with E-state index < -0.39 is 0 Å². The monoisotopic (exact) mass is 270 g/mol. The van der Waals surface area contributed by atoms with Crippen LogP contribution in [0.3, 0.4) is 0 Å². The number of piperazine rings is 1. The highest BCUT2D eigenvalue weighted by molar-refractivity contribution is 5.25. The van der Waals surface area contributed by atoms with E-state index in [1.165, 1.54) is 11.1 Å². The van der Waals surface area contributed by atoms with Crippen LogP contribution in [0.1, 0.15) is 16.9 Å². The van der Waals surface area contributed by atoms with Gasteiger partial charge >= 0.3 is 0 Å². The fourth-order valence-electron chi connectivity index (χ4n) is 2.76. The lowest BCUT2D eigenvalue weighted by atomic mass is 10.1. The standard InChI is InChI=1S/C17H22N2O/c1-15-5-2-3-6-16(15)13-18-8-10-19(11-9-18)14-17-7-4-12-20-17/h2-7,12H,8-11,13-14H2,1H3. The minimum atomic E-state index is 0.936. The van der Waals surface area contributed by atoms with Crippen molar-refractivity contribution in [1.82, 2.24) is 9.80 Å². The quantitative estimate of drug-likeness (QED) is 0.851. The molecule has 0 saturated carbocycles. The SMILES string of the molecule is Cc1ccccc1CN1CCN(Cc2ccco2)CC1. The molecule has 0 radical (unpaired) electrons. The Labute approximate surface area is 120 Å². The molecular formula is C17H22N2O. The molecule has 106 valence electrons. The van der Waals surface area contributed by atoms with Gasteiger partial charge in [0.15, 0.2) is 0 Å². The summed E-state index contributed by atoms with van der Waals surface area (Å²) in [5.74, 6) is 1.07. The summed E-state index contributed by atoms with van der Waals surface area (Å²) >= 11 is 0. The van der Waals surface area contributed by atoms with Crippen molar-refractivity contribution < 1.29 is 4.42 Å². The van der Waals surface area contributed by atoms with Crippen LogP contribution in [0.4, 0.5) is 0 Å². The number of hydrogen-bond acceptors (Lipinski definition) is 3. The highest BCUT2D eigenvalue weighted by Crippen LogP contribution is 2.14. The zero-order valence-electron chi connectivity index (χ0n) is 12.1. The summed E-state index contributed by atoms with van der Waals surface area (Å²) in [5.41, 5.74) is 2.84. The van der Waals surface area contributed by atoms with Crippen LogP contribution >= 0.6 is 0 Å². The van der Waals surface area contributed by atoms with Crippen LogP contribution in [-0.2, 0) is 13.1 Å². The maximum atomic E-state index is 5.42. The molecule has 0 N–H and O–H groups in total. The van der Waals surface area contributed by atoms with Crippen molar-refractivity contribution >= 4 is 0 Å². The summed E-state index contributed by atoms with van der Waals surface area (Å²) < 4.78 is 5.42. The molecule has 1 aliphatic heterocycles. The molecule has 3 rings (SSSR count). The molecule has 1 aromatic carbocycles. The van der Waals surface area contributed by atoms with E-state index in [1.54, 1.807) is 6.26 Å². The Morgan fingerprint density at radius 1 is 0.900 bits per heavy atom. The molecule has 3 nitrogen and oxygen atoms in total. The van der Waals surface area contributed by atoms with E-state index in [1.807, 2.05) is 6.07 Å². The largest absolute Gasteiger partial charge is 0.468 e. The molecule has 1 saturated heterocycles. The normalized spacial score (nSPS) is 17.4. The average Bonchev–Trinajstić information content (AvgIpc) is 2.96. The van der Waals surface area contributed by atoms with Crippen molar-refractivity contribution in [2.24, 2.45) is 0 Å². The summed E-state index contributed by atoms with van der Waals surface area (Å²) in [4.78, 5) is 5.01. The molecular weight excluding hydrogens is 248 g/mol. The molecule has 0 aliphatic carbocycles. The predicted molar refractivity (Wildman–Crippen MR) is 80.4 cm³/mol. The zero-order chi connectivity index (χ0) is 13.8. The van der Waals surface area contributed by atoms with Crippen LogP contribution < -0.4 is 0 Å². The Kier molecular flexibility index (Phi) is 4.19. The Hall–Kier alpha value is -1.58. The predicted octanol–water partition coefficient (Wildman–Crippen LogP) is 2.91. The Morgan fingerprint density at radius 3 is 2.25 bits per heavy atom. The third-order valence-corrected chi connectivity index (χ3v) is 4.08. The first-order valence-electron chi connectivity index (χ1n) is 7.33. The number of furan rings is 1. The lowest BCUT2D eigenvalue weighted by Gasteiger charge is -2.34. The smallest absolute Gasteiger partial charge is 0.117 e. The topological polar surface area (TPSA) is 19.6 Å². The van der Waals surface area contributed by atoms with Gasteiger partial charge in [0, 0.05) is 32.7 Å². The number of nitrogens with zero attached hydrogens (tertiary/aromatic N) is 2. The second kappa shape index (κ2) is 6.25. The van der Waals surface area contributed by atoms with Crippen molar-refractivity contribution in [3.05, 3.63) is 59.5 Å². The third kappa shape index (κ3) is 3.30. The van der Waals surface area contributed by atoms with E-state index in [2.05, 4.69) is 47.1 Å². The van der Waals surface area contributed by atoms with Gasteiger partial charge in [-0.2, -0.15) is 0 Å². The Morgan fingerprint density at radius 2 is 1.60 bits per heavy atom. The minimum absolute atomic E-state index is 0.936. The zero-order valence-corrected chi connectivity index (χ0v) is 12.1. The molecule has 2 heterocycles. The lowest BCUT2D eigenvalue weighted by Crippen LogP contribution is -2.45. The fraction of sp³-hybridized carbons (Fsp3) is 0.412. The van der Waals surface area contributed by atoms with Crippen LogP contribution in [0.2, 0.25) is 0 Å². The van der Waals surface area contributed by atoms with Crippen LogP contribution in [0.5, 0.6) is 0 Å². The maximum Gasteiger partial charge on any atom is 0.117 e. The summed E-state index contributed by atoms with van der Waals surface area (Å²) in [7, 11) is 0. The van der Waals surface area contributed by atoms with Crippen LogP contribution in [0.25, 0.3) is 0 Å². The van der Waals surface area contributed by atoms with Crippen molar-refractivity contribution in [2.75, 3.05) is 26.2 Å². The van der Waals surface area contributed by atoms with Crippen molar-refractivity contribution in [1.29, 1.82) is 0 Å². The summed E-state index contributed by atoms with van der Waals surface area (Å²) in [6.07, 6.45) is 1.75. The Bertz CT molecular complexity index is 528. The molecule has 3 heteroatoms. The highest BCUT2D eigenvalue weighted by atomic mass is 16.3. The van der Waals surface area contributed by atoms with Crippen LogP contribution in [0, 0.1) is 6.92 Å². The molecule has 2 aromatic rings. The van der Waals surface area contributed by atoms with Gasteiger partial charge in [0.25, 0.3) is 0 Å². The number of aryl methyl sites for hydroxylation is 1. The number of hydrogen-bond donors (Lipinski definition) is 0. The molecule has 0 bridgehead atoms. The minimum Gasteiger partial charge on any atom is -0.468 e. The summed E-state index contributed by atoms with van der Waals surface area (Å²) in [6.45, 7) is 8.71. The van der Waals surface area contributed by atoms with Crippen molar-refractivity contribution in [2.45, 2.75) is 20.0 Å². The first-order valence-corrected chi connectivity index (χ1v) is 7.33.